The number of piperidine rings is 1. The Kier molecular flexibility index (Phi) is 5.39. The maximum Gasteiger partial charge on any atom is 0.251 e. The lowest BCUT2D eigenvalue weighted by Gasteiger charge is -2.34. The van der Waals surface area contributed by atoms with Crippen LogP contribution >= 0.6 is 0 Å². The van der Waals surface area contributed by atoms with E-state index in [1.54, 1.807) is 18.2 Å². The number of hydrogen-bond donors (Lipinski definition) is 2. The van der Waals surface area contributed by atoms with Crippen LogP contribution in [0.3, 0.4) is 0 Å². The van der Waals surface area contributed by atoms with Crippen molar-refractivity contribution in [1.29, 1.82) is 0 Å². The fraction of sp³-hybridized carbons (Fsp3) is 0.471. The van der Waals surface area contributed by atoms with Crippen molar-refractivity contribution >= 4 is 5.91 Å². The van der Waals surface area contributed by atoms with E-state index in [9.17, 15) is 4.79 Å². The molecule has 0 unspecified atom stereocenters. The Hall–Kier alpha value is -1.81. The molecule has 1 aromatic rings. The van der Waals surface area contributed by atoms with Crippen LogP contribution in [0.2, 0.25) is 0 Å². The lowest BCUT2D eigenvalue weighted by atomic mass is 9.81. The van der Waals surface area contributed by atoms with Gasteiger partial charge in [-0.15, -0.1) is 0 Å². The molecule has 0 spiro atoms. The Bertz CT molecular complexity index is 476. The van der Waals surface area contributed by atoms with Gasteiger partial charge in [-0.05, 0) is 55.6 Å². The molecular weight excluding hydrogens is 264 g/mol. The SMILES string of the molecule is C=CCOc1ccc(C(=O)NCC2(C)CCNCC2)cc1. The molecule has 0 aromatic heterocycles. The molecule has 1 saturated heterocycles. The Morgan fingerprint density at radius 2 is 2.05 bits per heavy atom. The molecule has 4 nitrogen and oxygen atoms in total. The van der Waals surface area contributed by atoms with E-state index in [0.29, 0.717) is 12.2 Å². The molecular formula is C17H24N2O2. The number of nitrogens with one attached hydrogen (secondary N) is 2. The molecule has 0 bridgehead atoms. The van der Waals surface area contributed by atoms with E-state index in [1.165, 1.54) is 0 Å². The number of ether oxygens (including phenoxy) is 1. The first kappa shape index (κ1) is 15.6. The summed E-state index contributed by atoms with van der Waals surface area (Å²) in [7, 11) is 0. The standard InChI is InChI=1S/C17H24N2O2/c1-3-12-21-15-6-4-14(5-7-15)16(20)19-13-17(2)8-10-18-11-9-17/h3-7,18H,1,8-13H2,2H3,(H,19,20). The zero-order valence-corrected chi connectivity index (χ0v) is 12.7. The Labute approximate surface area is 126 Å². The predicted octanol–water partition coefficient (Wildman–Crippen LogP) is 2.37. The summed E-state index contributed by atoms with van der Waals surface area (Å²) >= 11 is 0. The average molecular weight is 288 g/mol. The van der Waals surface area contributed by atoms with Gasteiger partial charge in [0.2, 0.25) is 0 Å². The highest BCUT2D eigenvalue weighted by Crippen LogP contribution is 2.26. The zero-order valence-electron chi connectivity index (χ0n) is 12.7. The molecule has 1 aliphatic heterocycles. The maximum atomic E-state index is 12.2. The van der Waals surface area contributed by atoms with Crippen LogP contribution in [0.25, 0.3) is 0 Å². The van der Waals surface area contributed by atoms with Crippen LogP contribution in [0.5, 0.6) is 5.75 Å². The van der Waals surface area contributed by atoms with E-state index >= 15 is 0 Å². The van der Waals surface area contributed by atoms with Gasteiger partial charge in [0.1, 0.15) is 12.4 Å². The molecule has 21 heavy (non-hydrogen) atoms. The molecule has 4 heteroatoms. The minimum Gasteiger partial charge on any atom is -0.490 e. The topological polar surface area (TPSA) is 50.4 Å². The van der Waals surface area contributed by atoms with Crippen LogP contribution in [0, 0.1) is 5.41 Å². The molecule has 2 rings (SSSR count). The molecule has 1 fully saturated rings. The van der Waals surface area contributed by atoms with Crippen molar-refractivity contribution in [3.8, 4) is 5.75 Å². The highest BCUT2D eigenvalue weighted by Gasteiger charge is 2.27. The van der Waals surface area contributed by atoms with Crippen molar-refractivity contribution in [3.05, 3.63) is 42.5 Å². The van der Waals surface area contributed by atoms with Gasteiger partial charge in [-0.3, -0.25) is 4.79 Å². The number of rotatable bonds is 6. The summed E-state index contributed by atoms with van der Waals surface area (Å²) in [6.07, 6.45) is 3.89. The summed E-state index contributed by atoms with van der Waals surface area (Å²) in [5.41, 5.74) is 0.868. The van der Waals surface area contributed by atoms with Crippen molar-refractivity contribution in [1.82, 2.24) is 10.6 Å². The molecule has 0 radical (unpaired) electrons. The smallest absolute Gasteiger partial charge is 0.251 e. The number of amides is 1. The monoisotopic (exact) mass is 288 g/mol. The van der Waals surface area contributed by atoms with Crippen molar-refractivity contribution in [2.75, 3.05) is 26.2 Å². The summed E-state index contributed by atoms with van der Waals surface area (Å²) in [5, 5.41) is 6.40. The number of benzene rings is 1. The molecule has 0 atom stereocenters. The fourth-order valence-electron chi connectivity index (χ4n) is 2.46. The summed E-state index contributed by atoms with van der Waals surface area (Å²) in [5.74, 6) is 0.724. The van der Waals surface area contributed by atoms with Gasteiger partial charge >= 0.3 is 0 Å². The number of carbonyl (C=O) groups is 1. The third-order valence-electron chi connectivity index (χ3n) is 3.97. The number of hydrogen-bond acceptors (Lipinski definition) is 3. The summed E-state index contributed by atoms with van der Waals surface area (Å²) in [6.45, 7) is 9.09. The highest BCUT2D eigenvalue weighted by molar-refractivity contribution is 5.94. The average Bonchev–Trinajstić information content (AvgIpc) is 2.52. The van der Waals surface area contributed by atoms with Crippen molar-refractivity contribution in [2.45, 2.75) is 19.8 Å². The summed E-state index contributed by atoms with van der Waals surface area (Å²) < 4.78 is 5.40. The lowest BCUT2D eigenvalue weighted by Crippen LogP contribution is -2.42. The largest absolute Gasteiger partial charge is 0.490 e. The molecule has 2 N–H and O–H groups in total. The van der Waals surface area contributed by atoms with E-state index in [0.717, 1.165) is 38.2 Å². The Balaban J connectivity index is 1.86. The Morgan fingerprint density at radius 1 is 1.38 bits per heavy atom. The Morgan fingerprint density at radius 3 is 2.67 bits per heavy atom. The van der Waals surface area contributed by atoms with Crippen LogP contribution in [0.15, 0.2) is 36.9 Å². The predicted molar refractivity (Wildman–Crippen MR) is 84.7 cm³/mol. The normalized spacial score (nSPS) is 17.0. The van der Waals surface area contributed by atoms with Gasteiger partial charge < -0.3 is 15.4 Å². The highest BCUT2D eigenvalue weighted by atomic mass is 16.5. The van der Waals surface area contributed by atoms with Crippen molar-refractivity contribution in [3.63, 3.8) is 0 Å². The summed E-state index contributed by atoms with van der Waals surface area (Å²) in [4.78, 5) is 12.2. The molecule has 1 amide bonds. The third kappa shape index (κ3) is 4.60. The van der Waals surface area contributed by atoms with E-state index in [4.69, 9.17) is 4.74 Å². The van der Waals surface area contributed by atoms with Gasteiger partial charge in [0, 0.05) is 12.1 Å². The van der Waals surface area contributed by atoms with E-state index in [2.05, 4.69) is 24.1 Å². The second-order valence-electron chi connectivity index (χ2n) is 5.87. The van der Waals surface area contributed by atoms with Crippen molar-refractivity contribution in [2.24, 2.45) is 5.41 Å². The van der Waals surface area contributed by atoms with Gasteiger partial charge in [0.25, 0.3) is 5.91 Å². The quantitative estimate of drug-likeness (QED) is 0.790. The first-order chi connectivity index (χ1) is 10.1. The minimum absolute atomic E-state index is 0.0231. The van der Waals surface area contributed by atoms with Gasteiger partial charge in [-0.1, -0.05) is 19.6 Å². The van der Waals surface area contributed by atoms with Crippen LogP contribution in [0.4, 0.5) is 0 Å². The second-order valence-corrected chi connectivity index (χ2v) is 5.87. The molecule has 114 valence electrons. The van der Waals surface area contributed by atoms with E-state index < -0.39 is 0 Å². The molecule has 1 aromatic carbocycles. The molecule has 1 heterocycles. The fourth-order valence-corrected chi connectivity index (χ4v) is 2.46. The van der Waals surface area contributed by atoms with Crippen LogP contribution in [0.1, 0.15) is 30.1 Å². The van der Waals surface area contributed by atoms with Crippen LogP contribution in [-0.2, 0) is 0 Å². The van der Waals surface area contributed by atoms with Crippen LogP contribution < -0.4 is 15.4 Å². The third-order valence-corrected chi connectivity index (χ3v) is 3.97. The van der Waals surface area contributed by atoms with E-state index in [1.807, 2.05) is 12.1 Å². The minimum atomic E-state index is -0.0231. The maximum absolute atomic E-state index is 12.2. The first-order valence-corrected chi connectivity index (χ1v) is 7.46. The van der Waals surface area contributed by atoms with Crippen LogP contribution in [-0.4, -0.2) is 32.1 Å². The summed E-state index contributed by atoms with van der Waals surface area (Å²) in [6, 6.07) is 7.20. The van der Waals surface area contributed by atoms with E-state index in [-0.39, 0.29) is 11.3 Å². The molecule has 0 saturated carbocycles. The van der Waals surface area contributed by atoms with Gasteiger partial charge in [0.05, 0.1) is 0 Å². The van der Waals surface area contributed by atoms with Crippen molar-refractivity contribution < 1.29 is 9.53 Å². The lowest BCUT2D eigenvalue weighted by molar-refractivity contribution is 0.0922. The van der Waals surface area contributed by atoms with Gasteiger partial charge in [-0.25, -0.2) is 0 Å². The van der Waals surface area contributed by atoms with Gasteiger partial charge in [-0.2, -0.15) is 0 Å². The zero-order chi connectivity index (χ0) is 15.1. The molecule has 0 aliphatic carbocycles. The second kappa shape index (κ2) is 7.27. The molecule has 1 aliphatic rings. The first-order valence-electron chi connectivity index (χ1n) is 7.46. The van der Waals surface area contributed by atoms with Gasteiger partial charge in [0.15, 0.2) is 0 Å². The number of carbonyl (C=O) groups excluding carboxylic acids is 1.